The van der Waals surface area contributed by atoms with Crippen molar-refractivity contribution in [3.05, 3.63) is 146 Å². The number of rotatable bonds is 9. The highest BCUT2D eigenvalue weighted by molar-refractivity contribution is 9.10. The number of hydrogen-bond acceptors (Lipinski definition) is 9. The molecule has 5 aromatic rings. The first kappa shape index (κ1) is 39.6. The Hall–Kier alpha value is -5.82. The number of phenolic OH excluding ortho intramolecular Hbond substituents is 1. The molecule has 304 valence electrons. The van der Waals surface area contributed by atoms with Gasteiger partial charge in [-0.05, 0) is 125 Å². The van der Waals surface area contributed by atoms with Gasteiger partial charge in [-0.1, -0.05) is 65.2 Å². The average Bonchev–Trinajstić information content (AvgIpc) is 3.63. The summed E-state index contributed by atoms with van der Waals surface area (Å²) in [5, 5.41) is 15.9. The van der Waals surface area contributed by atoms with Gasteiger partial charge in [0, 0.05) is 22.3 Å². The molecule has 0 bridgehead atoms. The third kappa shape index (κ3) is 6.22. The minimum atomic E-state index is -1.60. The van der Waals surface area contributed by atoms with Crippen LogP contribution in [0, 0.1) is 23.7 Å². The Morgan fingerprint density at radius 2 is 1.52 bits per heavy atom. The van der Waals surface area contributed by atoms with Crippen LogP contribution >= 0.6 is 39.1 Å². The van der Waals surface area contributed by atoms with Crippen molar-refractivity contribution >= 4 is 85.5 Å². The first-order valence-electron chi connectivity index (χ1n) is 19.3. The smallest absolute Gasteiger partial charge is 0.260 e. The van der Waals surface area contributed by atoms with Gasteiger partial charge in [0.1, 0.15) is 5.75 Å². The lowest BCUT2D eigenvalue weighted by Gasteiger charge is -2.50. The number of amides is 4. The molecule has 2 aliphatic carbocycles. The van der Waals surface area contributed by atoms with Gasteiger partial charge in [0.15, 0.2) is 11.5 Å². The van der Waals surface area contributed by atoms with Crippen LogP contribution in [-0.4, -0.2) is 48.0 Å². The van der Waals surface area contributed by atoms with Gasteiger partial charge in [-0.2, -0.15) is 5.01 Å². The molecule has 6 atom stereocenters. The van der Waals surface area contributed by atoms with Gasteiger partial charge in [0.05, 0.1) is 58.3 Å². The number of aromatic hydroxyl groups is 1. The molecule has 3 fully saturated rings. The maximum atomic E-state index is 15.6. The number of allylic oxidation sites excluding steroid dienone is 2. The maximum Gasteiger partial charge on any atom is 0.260 e. The Labute approximate surface area is 364 Å². The summed E-state index contributed by atoms with van der Waals surface area (Å²) in [7, 11) is 2.97. The van der Waals surface area contributed by atoms with Gasteiger partial charge in [-0.25, -0.2) is 0 Å². The van der Waals surface area contributed by atoms with Crippen molar-refractivity contribution in [3.63, 3.8) is 0 Å². The van der Waals surface area contributed by atoms with E-state index in [4.69, 9.17) is 32.7 Å². The zero-order valence-electron chi connectivity index (χ0n) is 32.2. The molecule has 14 heteroatoms. The number of carbonyl (C=O) groups excluding carboxylic acids is 4. The van der Waals surface area contributed by atoms with Gasteiger partial charge in [-0.3, -0.25) is 29.5 Å². The zero-order valence-corrected chi connectivity index (χ0v) is 35.3. The number of benzene rings is 5. The van der Waals surface area contributed by atoms with Crippen molar-refractivity contribution in [3.8, 4) is 17.2 Å². The molecule has 2 aliphatic heterocycles. The van der Waals surface area contributed by atoms with Crippen LogP contribution in [0.1, 0.15) is 29.9 Å². The van der Waals surface area contributed by atoms with E-state index >= 15 is 9.59 Å². The van der Waals surface area contributed by atoms with Crippen LogP contribution in [0.25, 0.3) is 0 Å². The van der Waals surface area contributed by atoms with Gasteiger partial charge < -0.3 is 19.9 Å². The second-order valence-corrected chi connectivity index (χ2v) is 17.0. The van der Waals surface area contributed by atoms with Crippen molar-refractivity contribution in [2.45, 2.75) is 24.2 Å². The highest BCUT2D eigenvalue weighted by Crippen LogP contribution is 2.65. The fraction of sp³-hybridized carbons (Fsp3) is 0.217. The normalized spacial score (nSPS) is 24.4. The summed E-state index contributed by atoms with van der Waals surface area (Å²) >= 11 is 16.3. The van der Waals surface area contributed by atoms with Crippen LogP contribution < -0.4 is 25.1 Å². The summed E-state index contributed by atoms with van der Waals surface area (Å²) in [6.07, 6.45) is 2.28. The van der Waals surface area contributed by atoms with Gasteiger partial charge in [-0.15, -0.1) is 0 Å². The Bertz CT molecular complexity index is 2610. The molecule has 5 aromatic carbocycles. The molecule has 0 spiro atoms. The number of fused-ring (bicyclic) bond motifs is 4. The number of nitrogens with one attached hydrogen (secondary N) is 2. The summed E-state index contributed by atoms with van der Waals surface area (Å²) in [6.45, 7) is 0. The minimum Gasteiger partial charge on any atom is -0.503 e. The average molecular weight is 909 g/mol. The fourth-order valence-electron chi connectivity index (χ4n) is 9.77. The molecule has 9 rings (SSSR count). The summed E-state index contributed by atoms with van der Waals surface area (Å²) < 4.78 is 11.4. The predicted molar refractivity (Wildman–Crippen MR) is 232 cm³/mol. The van der Waals surface area contributed by atoms with E-state index in [1.165, 1.54) is 18.1 Å². The molecule has 1 saturated carbocycles. The fourth-order valence-corrected chi connectivity index (χ4v) is 10.7. The quantitative estimate of drug-likeness (QED) is 0.0976. The summed E-state index contributed by atoms with van der Waals surface area (Å²) in [5.74, 6) is -5.31. The molecule has 3 N–H and O–H groups in total. The van der Waals surface area contributed by atoms with Crippen molar-refractivity contribution in [2.75, 3.05) is 29.9 Å². The Kier molecular flexibility index (Phi) is 10.1. The molecule has 60 heavy (non-hydrogen) atoms. The highest BCUT2D eigenvalue weighted by atomic mass is 79.9. The molecule has 2 heterocycles. The number of anilines is 4. The Balaban J connectivity index is 1.18. The summed E-state index contributed by atoms with van der Waals surface area (Å²) in [4.78, 5) is 61.1. The van der Waals surface area contributed by atoms with Gasteiger partial charge >= 0.3 is 0 Å². The monoisotopic (exact) mass is 906 g/mol. The lowest BCUT2D eigenvalue weighted by Crippen LogP contribution is -2.53. The van der Waals surface area contributed by atoms with Gasteiger partial charge in [0.2, 0.25) is 11.8 Å². The van der Waals surface area contributed by atoms with E-state index in [2.05, 4.69) is 26.7 Å². The SMILES string of the molecule is COc1ccc(C23C(=O)N(Nc4ccc(Cl)cc4Cl)C(=O)C2CC2C(=CCC4C(=O)N(c5ccc(Nc6ccccc6)cc5)C(=O)C42)C3c2cc(Br)c(O)c(OC)c2)cc1. The van der Waals surface area contributed by atoms with Crippen LogP contribution in [0.15, 0.2) is 125 Å². The highest BCUT2D eigenvalue weighted by Gasteiger charge is 2.70. The second kappa shape index (κ2) is 15.3. The van der Waals surface area contributed by atoms with E-state index in [-0.39, 0.29) is 46.9 Å². The van der Waals surface area contributed by atoms with E-state index in [0.29, 0.717) is 32.1 Å². The first-order chi connectivity index (χ1) is 29.0. The zero-order chi connectivity index (χ0) is 42.0. The molecule has 2 saturated heterocycles. The number of methoxy groups -OCH3 is 2. The van der Waals surface area contributed by atoms with Crippen LogP contribution in [0.5, 0.6) is 17.2 Å². The summed E-state index contributed by atoms with van der Waals surface area (Å²) in [6, 6.07) is 31.9. The number of imide groups is 2. The third-order valence-electron chi connectivity index (χ3n) is 12.4. The number of hydrogen-bond donors (Lipinski definition) is 3. The third-order valence-corrected chi connectivity index (χ3v) is 13.5. The Morgan fingerprint density at radius 3 is 2.20 bits per heavy atom. The topological polar surface area (TPSA) is 138 Å². The number of para-hydroxylation sites is 1. The van der Waals surface area contributed by atoms with Crippen LogP contribution in [0.2, 0.25) is 10.0 Å². The van der Waals surface area contributed by atoms with Crippen molar-refractivity contribution in [1.82, 2.24) is 5.01 Å². The summed E-state index contributed by atoms with van der Waals surface area (Å²) in [5.41, 5.74) is 5.63. The van der Waals surface area contributed by atoms with Crippen molar-refractivity contribution in [2.24, 2.45) is 23.7 Å². The lowest BCUT2D eigenvalue weighted by atomic mass is 9.49. The molecule has 0 aromatic heterocycles. The van der Waals surface area contributed by atoms with Crippen LogP contribution in [0.3, 0.4) is 0 Å². The molecule has 0 radical (unpaired) electrons. The first-order valence-corrected chi connectivity index (χ1v) is 20.8. The van der Waals surface area contributed by atoms with E-state index in [0.717, 1.165) is 22.0 Å². The lowest BCUT2D eigenvalue weighted by molar-refractivity contribution is -0.138. The number of hydrazine groups is 1. The van der Waals surface area contributed by atoms with Crippen molar-refractivity contribution in [1.29, 1.82) is 0 Å². The van der Waals surface area contributed by atoms with Crippen LogP contribution in [0.4, 0.5) is 22.7 Å². The Morgan fingerprint density at radius 1 is 0.800 bits per heavy atom. The number of halogens is 3. The standard InChI is InChI=1S/C46H37BrCl2N4O7/c1-59-30-15-8-25(9-16-30)46-34(43(56)53(45(46)58)51-37-19-10-26(48)22-36(37)49)23-33-31(40(46)24-20-35(47)41(54)38(21-24)60-2)17-18-32-39(33)44(57)52(42(32)55)29-13-11-28(12-14-29)50-27-6-4-3-5-7-27/h3-17,19-22,32-34,39-40,50-51,54H,18,23H2,1-2H3. The second-order valence-electron chi connectivity index (χ2n) is 15.3. The molecule has 4 amide bonds. The van der Waals surface area contributed by atoms with Crippen molar-refractivity contribution < 1.29 is 33.8 Å². The largest absolute Gasteiger partial charge is 0.503 e. The molecule has 11 nitrogen and oxygen atoms in total. The number of nitrogens with zero attached hydrogens (tertiary/aromatic N) is 2. The molecule has 6 unspecified atom stereocenters. The molecular weight excluding hydrogens is 871 g/mol. The van der Waals surface area contributed by atoms with Crippen LogP contribution in [-0.2, 0) is 24.6 Å². The van der Waals surface area contributed by atoms with E-state index < -0.39 is 46.8 Å². The molecular formula is C46H37BrCl2N4O7. The van der Waals surface area contributed by atoms with E-state index in [9.17, 15) is 14.7 Å². The maximum absolute atomic E-state index is 15.6. The van der Waals surface area contributed by atoms with E-state index in [1.807, 2.05) is 48.5 Å². The van der Waals surface area contributed by atoms with E-state index in [1.54, 1.807) is 67.8 Å². The van der Waals surface area contributed by atoms with Gasteiger partial charge in [0.25, 0.3) is 11.8 Å². The predicted octanol–water partition coefficient (Wildman–Crippen LogP) is 9.41. The number of carbonyl (C=O) groups is 4. The number of phenols is 1. The minimum absolute atomic E-state index is 0.0792. The molecule has 4 aliphatic rings. The number of ether oxygens (including phenoxy) is 2.